The molecule has 0 atom stereocenters. The van der Waals surface area contributed by atoms with Crippen LogP contribution in [0.3, 0.4) is 0 Å². The van der Waals surface area contributed by atoms with Crippen LogP contribution in [-0.2, 0) is 9.59 Å². The second-order valence-corrected chi connectivity index (χ2v) is 6.00. The molecule has 1 saturated heterocycles. The number of nitrogens with zero attached hydrogens (tertiary/aromatic N) is 2. The van der Waals surface area contributed by atoms with Crippen LogP contribution in [0.25, 0.3) is 10.9 Å². The van der Waals surface area contributed by atoms with Crippen molar-refractivity contribution in [2.45, 2.75) is 12.8 Å². The van der Waals surface area contributed by atoms with Gasteiger partial charge in [-0.25, -0.2) is 0 Å². The van der Waals surface area contributed by atoms with E-state index in [0.29, 0.717) is 16.9 Å². The molecule has 1 aromatic heterocycles. The number of hydrogen-bond acceptors (Lipinski definition) is 4. The average Bonchev–Trinajstić information content (AvgIpc) is 3.00. The van der Waals surface area contributed by atoms with Gasteiger partial charge in [-0.3, -0.25) is 24.3 Å². The third-order valence-electron chi connectivity index (χ3n) is 4.33. The predicted octanol–water partition coefficient (Wildman–Crippen LogP) is 3.14. The summed E-state index contributed by atoms with van der Waals surface area (Å²) in [6, 6.07) is 15.7. The van der Waals surface area contributed by atoms with Crippen LogP contribution in [-0.4, -0.2) is 22.7 Å². The van der Waals surface area contributed by atoms with Crippen LogP contribution in [0.4, 0.5) is 11.4 Å². The fourth-order valence-electron chi connectivity index (χ4n) is 3.03. The van der Waals surface area contributed by atoms with Crippen LogP contribution in [0.1, 0.15) is 23.2 Å². The van der Waals surface area contributed by atoms with Gasteiger partial charge in [0.2, 0.25) is 11.8 Å². The first-order valence-corrected chi connectivity index (χ1v) is 8.24. The van der Waals surface area contributed by atoms with Gasteiger partial charge in [-0.05, 0) is 48.5 Å². The minimum absolute atomic E-state index is 0.213. The molecule has 4 rings (SSSR count). The van der Waals surface area contributed by atoms with E-state index in [-0.39, 0.29) is 30.6 Å². The van der Waals surface area contributed by atoms with E-state index in [0.717, 1.165) is 15.8 Å². The molecule has 1 aliphatic heterocycles. The Hall–Kier alpha value is -3.54. The smallest absolute Gasteiger partial charge is 0.255 e. The summed E-state index contributed by atoms with van der Waals surface area (Å²) in [5, 5.41) is 3.74. The SMILES string of the molecule is O=C(Nc1cccc2ncccc12)c1ccc(N2C(=O)CCC2=O)cc1. The molecule has 0 saturated carbocycles. The van der Waals surface area contributed by atoms with E-state index >= 15 is 0 Å². The Balaban J connectivity index is 1.57. The zero-order valence-corrected chi connectivity index (χ0v) is 13.8. The van der Waals surface area contributed by atoms with Crippen LogP contribution in [0.2, 0.25) is 0 Å². The molecule has 0 aliphatic carbocycles. The highest BCUT2D eigenvalue weighted by molar-refractivity contribution is 6.20. The van der Waals surface area contributed by atoms with Crippen molar-refractivity contribution < 1.29 is 14.4 Å². The number of imide groups is 1. The van der Waals surface area contributed by atoms with Crippen molar-refractivity contribution in [3.8, 4) is 0 Å². The summed E-state index contributed by atoms with van der Waals surface area (Å²) >= 11 is 0. The van der Waals surface area contributed by atoms with Crippen LogP contribution in [0, 0.1) is 0 Å². The third kappa shape index (κ3) is 2.82. The van der Waals surface area contributed by atoms with E-state index in [2.05, 4.69) is 10.3 Å². The molecule has 2 aromatic carbocycles. The molecule has 26 heavy (non-hydrogen) atoms. The maximum Gasteiger partial charge on any atom is 0.255 e. The standard InChI is InChI=1S/C20H15N3O3/c24-18-10-11-19(25)23(18)14-8-6-13(7-9-14)20(26)22-17-5-1-4-16-15(17)3-2-12-21-16/h1-9,12H,10-11H2,(H,22,26). The Labute approximate surface area is 149 Å². The lowest BCUT2D eigenvalue weighted by atomic mass is 10.1. The molecule has 1 aliphatic rings. The van der Waals surface area contributed by atoms with Gasteiger partial charge < -0.3 is 5.32 Å². The first-order chi connectivity index (χ1) is 12.6. The summed E-state index contributed by atoms with van der Waals surface area (Å²) in [7, 11) is 0. The quantitative estimate of drug-likeness (QED) is 0.740. The molecule has 0 bridgehead atoms. The maximum absolute atomic E-state index is 12.5. The lowest BCUT2D eigenvalue weighted by Gasteiger charge is -2.14. The summed E-state index contributed by atoms with van der Waals surface area (Å²) in [5.74, 6) is -0.696. The number of fused-ring (bicyclic) bond motifs is 1. The normalized spacial score (nSPS) is 14.1. The molecule has 3 aromatic rings. The molecule has 0 spiro atoms. The fourth-order valence-corrected chi connectivity index (χ4v) is 3.03. The fraction of sp³-hybridized carbons (Fsp3) is 0.100. The number of anilines is 2. The third-order valence-corrected chi connectivity index (χ3v) is 4.33. The second-order valence-electron chi connectivity index (χ2n) is 6.00. The largest absolute Gasteiger partial charge is 0.321 e. The van der Waals surface area contributed by atoms with Crippen molar-refractivity contribution in [2.75, 3.05) is 10.2 Å². The Kier molecular flexibility index (Phi) is 3.93. The summed E-state index contributed by atoms with van der Waals surface area (Å²) in [4.78, 5) is 41.6. The zero-order valence-electron chi connectivity index (χ0n) is 13.8. The monoisotopic (exact) mass is 345 g/mol. The Morgan fingerprint density at radius 2 is 1.65 bits per heavy atom. The zero-order chi connectivity index (χ0) is 18.1. The number of amides is 3. The minimum atomic E-state index is -0.271. The van der Waals surface area contributed by atoms with Crippen molar-refractivity contribution in [1.29, 1.82) is 0 Å². The molecule has 1 fully saturated rings. The Morgan fingerprint density at radius 3 is 2.38 bits per heavy atom. The van der Waals surface area contributed by atoms with Crippen molar-refractivity contribution in [1.82, 2.24) is 4.98 Å². The highest BCUT2D eigenvalue weighted by atomic mass is 16.2. The summed E-state index contributed by atoms with van der Waals surface area (Å²) in [6.07, 6.45) is 2.17. The van der Waals surface area contributed by atoms with Crippen molar-refractivity contribution in [3.63, 3.8) is 0 Å². The lowest BCUT2D eigenvalue weighted by Crippen LogP contribution is -2.28. The molecular formula is C20H15N3O3. The van der Waals surface area contributed by atoms with E-state index in [1.54, 1.807) is 30.5 Å². The van der Waals surface area contributed by atoms with Gasteiger partial charge in [0, 0.05) is 30.0 Å². The summed E-state index contributed by atoms with van der Waals surface area (Å²) in [5.41, 5.74) is 2.40. The predicted molar refractivity (Wildman–Crippen MR) is 97.9 cm³/mol. The molecule has 0 radical (unpaired) electrons. The first-order valence-electron chi connectivity index (χ1n) is 8.24. The van der Waals surface area contributed by atoms with Crippen molar-refractivity contribution in [2.24, 2.45) is 0 Å². The highest BCUT2D eigenvalue weighted by Gasteiger charge is 2.30. The van der Waals surface area contributed by atoms with Gasteiger partial charge in [0.25, 0.3) is 5.91 Å². The van der Waals surface area contributed by atoms with Crippen LogP contribution in [0.15, 0.2) is 60.8 Å². The number of nitrogens with one attached hydrogen (secondary N) is 1. The van der Waals surface area contributed by atoms with Gasteiger partial charge in [0.05, 0.1) is 16.9 Å². The molecule has 6 nitrogen and oxygen atoms in total. The molecule has 3 amide bonds. The molecule has 6 heteroatoms. The number of carbonyl (C=O) groups excluding carboxylic acids is 3. The molecule has 0 unspecified atom stereocenters. The van der Waals surface area contributed by atoms with Gasteiger partial charge in [-0.2, -0.15) is 0 Å². The summed E-state index contributed by atoms with van der Waals surface area (Å²) < 4.78 is 0. The molecule has 1 N–H and O–H groups in total. The number of hydrogen-bond donors (Lipinski definition) is 1. The van der Waals surface area contributed by atoms with Gasteiger partial charge in [-0.15, -0.1) is 0 Å². The molecule has 2 heterocycles. The van der Waals surface area contributed by atoms with Gasteiger partial charge in [0.1, 0.15) is 0 Å². The van der Waals surface area contributed by atoms with Crippen molar-refractivity contribution in [3.05, 3.63) is 66.4 Å². The lowest BCUT2D eigenvalue weighted by molar-refractivity contribution is -0.121. The second kappa shape index (κ2) is 6.40. The van der Waals surface area contributed by atoms with Gasteiger partial charge in [0.15, 0.2) is 0 Å². The Morgan fingerprint density at radius 1 is 0.923 bits per heavy atom. The van der Waals surface area contributed by atoms with E-state index < -0.39 is 0 Å². The number of rotatable bonds is 3. The van der Waals surface area contributed by atoms with Gasteiger partial charge in [-0.1, -0.05) is 6.07 Å². The van der Waals surface area contributed by atoms with Crippen LogP contribution in [0.5, 0.6) is 0 Å². The molecular weight excluding hydrogens is 330 g/mol. The maximum atomic E-state index is 12.5. The molecule has 128 valence electrons. The van der Waals surface area contributed by atoms with E-state index in [9.17, 15) is 14.4 Å². The highest BCUT2D eigenvalue weighted by Crippen LogP contribution is 2.24. The van der Waals surface area contributed by atoms with E-state index in [1.807, 2.05) is 30.3 Å². The number of pyridine rings is 1. The number of benzene rings is 2. The van der Waals surface area contributed by atoms with Crippen molar-refractivity contribution >= 4 is 40.0 Å². The van der Waals surface area contributed by atoms with E-state index in [4.69, 9.17) is 0 Å². The van der Waals surface area contributed by atoms with Crippen LogP contribution >= 0.6 is 0 Å². The number of carbonyl (C=O) groups is 3. The minimum Gasteiger partial charge on any atom is -0.321 e. The average molecular weight is 345 g/mol. The van der Waals surface area contributed by atoms with E-state index in [1.165, 1.54) is 0 Å². The Bertz CT molecular complexity index is 1010. The van der Waals surface area contributed by atoms with Crippen LogP contribution < -0.4 is 10.2 Å². The summed E-state index contributed by atoms with van der Waals surface area (Å²) in [6.45, 7) is 0. The first kappa shape index (κ1) is 16.0. The topological polar surface area (TPSA) is 79.4 Å². The number of aromatic nitrogens is 1. The van der Waals surface area contributed by atoms with Gasteiger partial charge >= 0.3 is 0 Å².